The summed E-state index contributed by atoms with van der Waals surface area (Å²) in [6.07, 6.45) is 17.5. The minimum absolute atomic E-state index is 0.387. The lowest BCUT2D eigenvalue weighted by molar-refractivity contribution is -0.119. The molecule has 8 saturated carbocycles. The van der Waals surface area contributed by atoms with Gasteiger partial charge >= 0.3 is 0 Å². The third kappa shape index (κ3) is 3.00. The third-order valence-electron chi connectivity index (χ3n) is 13.1. The fourth-order valence-electron chi connectivity index (χ4n) is 12.4. The van der Waals surface area contributed by atoms with Crippen LogP contribution in [0.3, 0.4) is 0 Å². The van der Waals surface area contributed by atoms with Gasteiger partial charge in [0.25, 0.3) is 0 Å². The summed E-state index contributed by atoms with van der Waals surface area (Å²) in [5, 5.41) is 2.67. The number of hydrogen-bond acceptors (Lipinski definition) is 4. The van der Waals surface area contributed by atoms with Gasteiger partial charge in [-0.3, -0.25) is 9.80 Å². The van der Waals surface area contributed by atoms with Gasteiger partial charge in [-0.15, -0.1) is 0 Å². The van der Waals surface area contributed by atoms with Crippen LogP contribution in [0.1, 0.15) is 88.2 Å². The molecule has 2 aromatic rings. The molecule has 4 nitrogen and oxygen atoms in total. The van der Waals surface area contributed by atoms with E-state index in [1.54, 1.807) is 0 Å². The molecule has 10 aliphatic rings. The van der Waals surface area contributed by atoms with Crippen molar-refractivity contribution in [2.75, 3.05) is 13.5 Å². The van der Waals surface area contributed by atoms with Gasteiger partial charge in [0, 0.05) is 40.7 Å². The quantitative estimate of drug-likeness (QED) is 0.431. The van der Waals surface area contributed by atoms with E-state index < -0.39 is 0 Å². The fraction of sp³-hybridized carbons (Fsp3) is 0.706. The maximum Gasteiger partial charge on any atom is 0.142 e. The molecule has 2 aliphatic heterocycles. The first-order valence-electron chi connectivity index (χ1n) is 15.9. The second kappa shape index (κ2) is 7.49. The smallest absolute Gasteiger partial charge is 0.142 e. The van der Waals surface area contributed by atoms with Crippen molar-refractivity contribution in [1.82, 2.24) is 9.80 Å². The summed E-state index contributed by atoms with van der Waals surface area (Å²) in [5.74, 6) is 8.07. The van der Waals surface area contributed by atoms with Gasteiger partial charge in [-0.1, -0.05) is 12.1 Å². The normalized spacial score (nSPS) is 44.6. The van der Waals surface area contributed by atoms with Crippen LogP contribution in [0.25, 0.3) is 10.8 Å². The molecule has 0 atom stereocenters. The van der Waals surface area contributed by atoms with Crippen LogP contribution in [0.4, 0.5) is 0 Å². The summed E-state index contributed by atoms with van der Waals surface area (Å²) < 4.78 is 13.2. The molecule has 0 radical (unpaired) electrons. The van der Waals surface area contributed by atoms with Crippen molar-refractivity contribution < 1.29 is 9.47 Å². The number of benzene rings is 2. The predicted molar refractivity (Wildman–Crippen MR) is 148 cm³/mol. The minimum Gasteiger partial charge on any atom is -0.478 e. The summed E-state index contributed by atoms with van der Waals surface area (Å²) in [6.45, 7) is 3.64. The molecule has 2 aromatic carbocycles. The van der Waals surface area contributed by atoms with Crippen LogP contribution in [0.2, 0.25) is 0 Å². The predicted octanol–water partition coefficient (Wildman–Crippen LogP) is 7.08. The van der Waals surface area contributed by atoms with Crippen molar-refractivity contribution in [3.63, 3.8) is 0 Å². The van der Waals surface area contributed by atoms with Crippen molar-refractivity contribution >= 4 is 10.8 Å². The van der Waals surface area contributed by atoms with Crippen LogP contribution in [-0.4, -0.2) is 34.3 Å². The summed E-state index contributed by atoms with van der Waals surface area (Å²) >= 11 is 0. The molecule has 0 aromatic heterocycles. The Morgan fingerprint density at radius 3 is 1.63 bits per heavy atom. The first kappa shape index (κ1) is 22.0. The second-order valence-electron chi connectivity index (χ2n) is 15.4. The largest absolute Gasteiger partial charge is 0.478 e. The van der Waals surface area contributed by atoms with Crippen LogP contribution < -0.4 is 9.47 Å². The molecule has 0 saturated heterocycles. The van der Waals surface area contributed by atoms with Crippen LogP contribution >= 0.6 is 0 Å². The maximum atomic E-state index is 6.73. The van der Waals surface area contributed by atoms with Gasteiger partial charge in [0.15, 0.2) is 0 Å². The summed E-state index contributed by atoms with van der Waals surface area (Å²) in [4.78, 5) is 5.51. The second-order valence-corrected chi connectivity index (χ2v) is 15.4. The number of ether oxygens (including phenoxy) is 2. The van der Waals surface area contributed by atoms with E-state index in [0.29, 0.717) is 11.1 Å². The molecule has 38 heavy (non-hydrogen) atoms. The first-order valence-corrected chi connectivity index (χ1v) is 15.9. The monoisotopic (exact) mass is 510 g/mol. The van der Waals surface area contributed by atoms with Gasteiger partial charge < -0.3 is 9.47 Å². The van der Waals surface area contributed by atoms with E-state index in [1.165, 1.54) is 98.9 Å². The SMILES string of the molecule is c1cc2c3c(ccc2c2c1CN(C14CC5CC(CC(C5)C1)C4)CO2)OCN(C12CC4CC(CC(C4)C1)C2)C3. The molecular formula is C34H42N2O2. The van der Waals surface area contributed by atoms with Gasteiger partial charge in [-0.05, 0) is 130 Å². The van der Waals surface area contributed by atoms with Crippen molar-refractivity contribution in [2.24, 2.45) is 35.5 Å². The maximum absolute atomic E-state index is 6.73. The molecule has 200 valence electrons. The minimum atomic E-state index is 0.387. The summed E-state index contributed by atoms with van der Waals surface area (Å²) in [7, 11) is 0. The highest BCUT2D eigenvalue weighted by molar-refractivity contribution is 5.94. The Morgan fingerprint density at radius 2 is 1.05 bits per heavy atom. The topological polar surface area (TPSA) is 24.9 Å². The molecule has 0 N–H and O–H groups in total. The van der Waals surface area contributed by atoms with E-state index in [9.17, 15) is 0 Å². The molecule has 2 heterocycles. The van der Waals surface area contributed by atoms with Crippen molar-refractivity contribution in [2.45, 2.75) is 101 Å². The fourth-order valence-corrected chi connectivity index (χ4v) is 12.4. The van der Waals surface area contributed by atoms with Gasteiger partial charge in [0.1, 0.15) is 25.0 Å². The first-order chi connectivity index (χ1) is 18.6. The molecule has 12 rings (SSSR count). The van der Waals surface area contributed by atoms with Gasteiger partial charge in [0.05, 0.1) is 0 Å². The van der Waals surface area contributed by atoms with E-state index in [0.717, 1.165) is 73.6 Å². The third-order valence-corrected chi connectivity index (χ3v) is 13.1. The van der Waals surface area contributed by atoms with Crippen molar-refractivity contribution in [3.05, 3.63) is 35.4 Å². The zero-order chi connectivity index (χ0) is 24.6. The highest BCUT2D eigenvalue weighted by atomic mass is 16.5. The van der Waals surface area contributed by atoms with Crippen LogP contribution in [0, 0.1) is 35.5 Å². The highest BCUT2D eigenvalue weighted by Gasteiger charge is 2.55. The average Bonchev–Trinajstić information content (AvgIpc) is 2.90. The van der Waals surface area contributed by atoms with E-state index >= 15 is 0 Å². The van der Waals surface area contributed by atoms with E-state index in [1.807, 2.05) is 0 Å². The van der Waals surface area contributed by atoms with Crippen LogP contribution in [0.15, 0.2) is 24.3 Å². The van der Waals surface area contributed by atoms with Gasteiger partial charge in [-0.25, -0.2) is 0 Å². The molecule has 4 heteroatoms. The molecule has 0 unspecified atom stereocenters. The van der Waals surface area contributed by atoms with E-state index in [-0.39, 0.29) is 0 Å². The Morgan fingerprint density at radius 1 is 0.553 bits per heavy atom. The molecular weight excluding hydrogens is 468 g/mol. The van der Waals surface area contributed by atoms with Gasteiger partial charge in [-0.2, -0.15) is 0 Å². The standard InChI is InChI=1S/C34H42N2O2/c1-2-28-29(32-27(1)17-35(20-38-32)33-11-21-5-22(12-33)7-23(6-21)13-33)3-4-31-30(28)18-36(19-37-31)34-14-24-8-25(15-34)10-26(9-24)16-34/h1-4,21-26H,5-20H2. The number of hydrogen-bond donors (Lipinski definition) is 0. The molecule has 8 bridgehead atoms. The lowest BCUT2D eigenvalue weighted by Crippen LogP contribution is -2.61. The average molecular weight is 511 g/mol. The molecule has 0 amide bonds. The number of rotatable bonds is 2. The van der Waals surface area contributed by atoms with Gasteiger partial charge in [0.2, 0.25) is 0 Å². The molecule has 8 aliphatic carbocycles. The van der Waals surface area contributed by atoms with Crippen LogP contribution in [-0.2, 0) is 13.1 Å². The molecule has 8 fully saturated rings. The van der Waals surface area contributed by atoms with Crippen LogP contribution in [0.5, 0.6) is 11.5 Å². The Kier molecular flexibility index (Phi) is 4.33. The lowest BCUT2D eigenvalue weighted by Gasteiger charge is -2.61. The van der Waals surface area contributed by atoms with Crippen molar-refractivity contribution in [3.8, 4) is 11.5 Å². The Bertz CT molecular complexity index is 1260. The number of fused-ring (bicyclic) bond motifs is 5. The molecule has 0 spiro atoms. The zero-order valence-electron chi connectivity index (χ0n) is 22.8. The summed E-state index contributed by atoms with van der Waals surface area (Å²) in [6, 6.07) is 9.33. The van der Waals surface area contributed by atoms with E-state index in [2.05, 4.69) is 34.1 Å². The van der Waals surface area contributed by atoms with Crippen molar-refractivity contribution in [1.29, 1.82) is 0 Å². The zero-order valence-corrected chi connectivity index (χ0v) is 22.8. The summed E-state index contributed by atoms with van der Waals surface area (Å²) in [5.41, 5.74) is 3.59. The Labute approximate surface area is 227 Å². The Balaban J connectivity index is 0.973. The van der Waals surface area contributed by atoms with E-state index in [4.69, 9.17) is 9.47 Å². The lowest BCUT2D eigenvalue weighted by atomic mass is 9.52. The highest BCUT2D eigenvalue weighted by Crippen LogP contribution is 2.60. The Hall–Kier alpha value is -1.78. The number of nitrogens with zero attached hydrogens (tertiary/aromatic N) is 2.